The molecule has 1 aromatic heterocycles. The summed E-state index contributed by atoms with van der Waals surface area (Å²) in [6.45, 7) is 0. The monoisotopic (exact) mass is 1780 g/mol. The Labute approximate surface area is 816 Å². The van der Waals surface area contributed by atoms with Gasteiger partial charge in [0.05, 0.1) is 0 Å². The summed E-state index contributed by atoms with van der Waals surface area (Å²) in [6, 6.07) is 201. The zero-order valence-electron chi connectivity index (χ0n) is 76.9. The van der Waals surface area contributed by atoms with Gasteiger partial charge in [-0.25, -0.2) is 15.0 Å². The molecule has 1 heterocycles. The Bertz CT molecular complexity index is 8530. The topological polar surface area (TPSA) is 45.2 Å². The molecule has 0 aliphatic carbocycles. The van der Waals surface area contributed by atoms with E-state index >= 15 is 0 Å². The van der Waals surface area contributed by atoms with Gasteiger partial charge in [0.1, 0.15) is 0 Å². The number of hydrogen-bond acceptors (Lipinski definition) is 5. The minimum absolute atomic E-state index is 0.636. The number of benzene rings is 24. The maximum Gasteiger partial charge on any atom is 0.164 e. The van der Waals surface area contributed by atoms with Crippen LogP contribution in [0.4, 0.5) is 34.1 Å². The summed E-state index contributed by atoms with van der Waals surface area (Å²) in [5.74, 6) is 1.91. The van der Waals surface area contributed by atoms with Gasteiger partial charge in [0.25, 0.3) is 0 Å². The first kappa shape index (κ1) is 85.6. The second-order valence-corrected chi connectivity index (χ2v) is 35.4. The Kier molecular flexibility index (Phi) is 24.0. The number of fused-ring (bicyclic) bond motifs is 7. The zero-order chi connectivity index (χ0) is 93.3. The highest BCUT2D eigenvalue weighted by Crippen LogP contribution is 2.44. The van der Waals surface area contributed by atoms with Crippen molar-refractivity contribution < 1.29 is 0 Å². The normalized spacial score (nSPS) is 11.1. The minimum atomic E-state index is 0.636. The van der Waals surface area contributed by atoms with Crippen molar-refractivity contribution in [3.05, 3.63) is 564 Å². The Morgan fingerprint density at radius 3 is 0.614 bits per heavy atom. The maximum absolute atomic E-state index is 5.12. The molecular formula is C135H93N5. The van der Waals surface area contributed by atoms with Gasteiger partial charge in [-0.3, -0.25) is 0 Å². The van der Waals surface area contributed by atoms with Crippen LogP contribution in [0.25, 0.3) is 199 Å². The van der Waals surface area contributed by atoms with Crippen molar-refractivity contribution in [2.75, 3.05) is 9.80 Å². The van der Waals surface area contributed by atoms with Crippen LogP contribution in [-0.2, 0) is 0 Å². The van der Waals surface area contributed by atoms with Crippen LogP contribution in [-0.4, -0.2) is 15.0 Å². The molecule has 0 aliphatic rings. The van der Waals surface area contributed by atoms with Gasteiger partial charge in [0.2, 0.25) is 0 Å². The Hall–Kier alpha value is -18.6. The lowest BCUT2D eigenvalue weighted by molar-refractivity contribution is 1.07. The molecule has 0 N–H and O–H groups in total. The van der Waals surface area contributed by atoms with Gasteiger partial charge in [0, 0.05) is 50.8 Å². The lowest BCUT2D eigenvalue weighted by Gasteiger charge is -2.26. The molecule has 5 nitrogen and oxygen atoms in total. The van der Waals surface area contributed by atoms with Crippen molar-refractivity contribution in [1.82, 2.24) is 15.0 Å². The van der Waals surface area contributed by atoms with Crippen LogP contribution < -0.4 is 9.80 Å². The third-order valence-corrected chi connectivity index (χ3v) is 26.6. The van der Waals surface area contributed by atoms with Gasteiger partial charge in [-0.05, 0) is 274 Å². The van der Waals surface area contributed by atoms with E-state index in [0.29, 0.717) is 17.5 Å². The third-order valence-electron chi connectivity index (χ3n) is 26.6. The molecule has 5 heteroatoms. The molecule has 0 aliphatic heterocycles. The van der Waals surface area contributed by atoms with Gasteiger partial charge in [-0.15, -0.1) is 0 Å². The fraction of sp³-hybridized carbons (Fsp3) is 0. The quantitative estimate of drug-likeness (QED) is 0.0801. The van der Waals surface area contributed by atoms with Gasteiger partial charge >= 0.3 is 0 Å². The SMILES string of the molecule is c1ccc(-c2ccc(-c3nc(-c4ccc(-c5ccc6ccccc6c5)cc4)nc(-c4ccc5c(ccc6cc(-c7ccc8ccccc8c7)ccc65)c4)n3)cc2)cc1.c1ccc(-c2ccc(N(c3ccc(-c4ccccc4)cc3)c3ccc4cc(-c5ccccc5)ccc4c3)cc2)cc1.c1ccc(-c2ccc(N(c3ccc(-c4ccccc4)cc3)c3ccc4ccc(-c5ccccc5)cc4c3)cc2)cc1. The van der Waals surface area contributed by atoms with E-state index in [-0.39, 0.29) is 0 Å². The van der Waals surface area contributed by atoms with Crippen LogP contribution in [0.3, 0.4) is 0 Å². The Morgan fingerprint density at radius 2 is 0.271 bits per heavy atom. The first-order valence-corrected chi connectivity index (χ1v) is 47.7. The van der Waals surface area contributed by atoms with E-state index in [1.165, 1.54) is 148 Å². The van der Waals surface area contributed by atoms with Crippen LogP contribution in [0, 0.1) is 0 Å². The van der Waals surface area contributed by atoms with E-state index in [9.17, 15) is 0 Å². The molecule has 140 heavy (non-hydrogen) atoms. The summed E-state index contributed by atoms with van der Waals surface area (Å²) in [4.78, 5) is 20.0. The van der Waals surface area contributed by atoms with Crippen molar-refractivity contribution >= 4 is 98.8 Å². The molecule has 25 rings (SSSR count). The van der Waals surface area contributed by atoms with Crippen molar-refractivity contribution in [3.8, 4) is 134 Å². The molecule has 0 saturated heterocycles. The van der Waals surface area contributed by atoms with Crippen LogP contribution >= 0.6 is 0 Å². The van der Waals surface area contributed by atoms with Crippen molar-refractivity contribution in [2.24, 2.45) is 0 Å². The average Bonchev–Trinajstić information content (AvgIpc) is 0.764. The summed E-state index contributed by atoms with van der Waals surface area (Å²) in [7, 11) is 0. The molecule has 0 fully saturated rings. The smallest absolute Gasteiger partial charge is 0.164 e. The molecule has 0 spiro atoms. The van der Waals surface area contributed by atoms with Crippen molar-refractivity contribution in [2.45, 2.75) is 0 Å². The fourth-order valence-corrected chi connectivity index (χ4v) is 19.1. The predicted molar refractivity (Wildman–Crippen MR) is 592 cm³/mol. The second-order valence-electron chi connectivity index (χ2n) is 35.4. The molecule has 0 unspecified atom stereocenters. The van der Waals surface area contributed by atoms with Crippen LogP contribution in [0.2, 0.25) is 0 Å². The lowest BCUT2D eigenvalue weighted by Crippen LogP contribution is -2.09. The molecule has 0 bridgehead atoms. The molecule has 0 atom stereocenters. The third kappa shape index (κ3) is 18.6. The molecule has 0 amide bonds. The van der Waals surface area contributed by atoms with Crippen LogP contribution in [0.1, 0.15) is 0 Å². The number of hydrogen-bond donors (Lipinski definition) is 0. The summed E-state index contributed by atoms with van der Waals surface area (Å²) >= 11 is 0. The van der Waals surface area contributed by atoms with E-state index in [0.717, 1.165) is 67.3 Å². The Balaban J connectivity index is 0.000000120. The molecule has 0 saturated carbocycles. The van der Waals surface area contributed by atoms with Gasteiger partial charge in [-0.2, -0.15) is 0 Å². The first-order chi connectivity index (χ1) is 69.3. The largest absolute Gasteiger partial charge is 0.310 e. The van der Waals surface area contributed by atoms with Crippen LogP contribution in [0.5, 0.6) is 0 Å². The first-order valence-electron chi connectivity index (χ1n) is 47.7. The molecular weight excluding hydrogens is 1690 g/mol. The Morgan fingerprint density at radius 1 is 0.100 bits per heavy atom. The lowest BCUT2D eigenvalue weighted by atomic mass is 9.95. The van der Waals surface area contributed by atoms with Gasteiger partial charge < -0.3 is 9.80 Å². The van der Waals surface area contributed by atoms with Gasteiger partial charge in [0.15, 0.2) is 17.5 Å². The second kappa shape index (κ2) is 39.2. The summed E-state index contributed by atoms with van der Waals surface area (Å²) < 4.78 is 0. The minimum Gasteiger partial charge on any atom is -0.310 e. The van der Waals surface area contributed by atoms with Crippen molar-refractivity contribution in [3.63, 3.8) is 0 Å². The molecule has 658 valence electrons. The highest BCUT2D eigenvalue weighted by atomic mass is 15.1. The number of aromatic nitrogens is 3. The average molecular weight is 1790 g/mol. The fourth-order valence-electron chi connectivity index (χ4n) is 19.1. The highest BCUT2D eigenvalue weighted by molar-refractivity contribution is 6.10. The summed E-state index contributed by atoms with van der Waals surface area (Å²) in [5, 5.41) is 14.6. The summed E-state index contributed by atoms with van der Waals surface area (Å²) in [6.07, 6.45) is 0. The highest BCUT2D eigenvalue weighted by Gasteiger charge is 2.21. The van der Waals surface area contributed by atoms with Gasteiger partial charge in [-0.1, -0.05) is 455 Å². The molecule has 0 radical (unpaired) electrons. The predicted octanol–water partition coefficient (Wildman–Crippen LogP) is 37.1. The van der Waals surface area contributed by atoms with Crippen molar-refractivity contribution in [1.29, 1.82) is 0 Å². The number of rotatable bonds is 18. The standard InChI is InChI=1S/C55H35N3.2C40H29N/c1-2-8-36(9-3-1)39-14-20-41(21-15-39)53-56-54(42-22-16-40(17-23-42)45-24-18-37-10-4-6-12-43(37)32-45)58-55(57-53)50-29-31-52-49(35-50)27-26-48-34-47(28-30-51(48)52)46-25-19-38-11-5-7-13-44(38)33-46;1-4-10-30(11-5-1)33-18-23-38(24-19-33)41(39-25-20-34(21-26-39)31-12-6-2-7-13-31)40-27-22-36-28-35(16-17-37(36)29-40)32-14-8-3-9-15-32;1-4-10-30(11-5-1)33-18-23-38(24-19-33)41(39-25-20-34(21-26-39)31-12-6-2-7-13-31)40-27-22-35-16-17-36(28-37(35)29-40)32-14-8-3-9-15-32/h1-35H;2*1-29H. The maximum atomic E-state index is 5.12. The molecule has 24 aromatic carbocycles. The zero-order valence-corrected chi connectivity index (χ0v) is 76.9. The van der Waals surface area contributed by atoms with E-state index < -0.39 is 0 Å². The van der Waals surface area contributed by atoms with E-state index in [4.69, 9.17) is 15.0 Å². The number of anilines is 6. The number of nitrogens with zero attached hydrogens (tertiary/aromatic N) is 5. The molecule has 25 aromatic rings. The van der Waals surface area contributed by atoms with E-state index in [1.807, 2.05) is 6.07 Å². The van der Waals surface area contributed by atoms with Crippen LogP contribution in [0.15, 0.2) is 564 Å². The van der Waals surface area contributed by atoms with E-state index in [1.54, 1.807) is 0 Å². The summed E-state index contributed by atoms with van der Waals surface area (Å²) in [5.41, 5.74) is 31.3. The van der Waals surface area contributed by atoms with E-state index in [2.05, 4.69) is 568 Å².